The average molecular weight is 367 g/mol. The lowest BCUT2D eigenvalue weighted by Crippen LogP contribution is -2.35. The Morgan fingerprint density at radius 3 is 2.62 bits per heavy atom. The lowest BCUT2D eigenvalue weighted by atomic mass is 10.1. The highest BCUT2D eigenvalue weighted by molar-refractivity contribution is 5.43. The predicted octanol–water partition coefficient (Wildman–Crippen LogP) is 2.05. The van der Waals surface area contributed by atoms with Crippen molar-refractivity contribution in [3.63, 3.8) is 0 Å². The number of hydrogen-bond acceptors (Lipinski definition) is 6. The first kappa shape index (κ1) is 21.0. The maximum absolute atomic E-state index is 10.2. The van der Waals surface area contributed by atoms with Gasteiger partial charge in [0.15, 0.2) is 11.5 Å². The summed E-state index contributed by atoms with van der Waals surface area (Å²) >= 11 is 0. The van der Waals surface area contributed by atoms with Crippen LogP contribution in [-0.2, 0) is 11.3 Å². The molecule has 0 radical (unpaired) electrons. The summed E-state index contributed by atoms with van der Waals surface area (Å²) in [6.45, 7) is 9.37. The molecule has 26 heavy (non-hydrogen) atoms. The van der Waals surface area contributed by atoms with E-state index in [0.717, 1.165) is 51.3 Å². The van der Waals surface area contributed by atoms with E-state index in [-0.39, 0.29) is 6.61 Å². The minimum atomic E-state index is -0.519. The van der Waals surface area contributed by atoms with E-state index < -0.39 is 6.10 Å². The molecule has 2 rings (SSSR count). The minimum absolute atomic E-state index is 0.256. The van der Waals surface area contributed by atoms with Crippen LogP contribution < -0.4 is 14.8 Å². The van der Waals surface area contributed by atoms with Crippen molar-refractivity contribution < 1.29 is 19.3 Å². The third kappa shape index (κ3) is 6.76. The first-order chi connectivity index (χ1) is 12.7. The van der Waals surface area contributed by atoms with Gasteiger partial charge < -0.3 is 29.5 Å². The van der Waals surface area contributed by atoms with Crippen molar-refractivity contribution in [3.8, 4) is 11.5 Å². The van der Waals surface area contributed by atoms with E-state index in [2.05, 4.69) is 24.1 Å². The molecule has 0 spiro atoms. The van der Waals surface area contributed by atoms with Crippen LogP contribution in [0.4, 0.5) is 0 Å². The van der Waals surface area contributed by atoms with E-state index in [0.29, 0.717) is 24.1 Å². The number of nitrogens with zero attached hydrogens (tertiary/aromatic N) is 1. The molecule has 0 bridgehead atoms. The summed E-state index contributed by atoms with van der Waals surface area (Å²) in [4.78, 5) is 2.18. The minimum Gasteiger partial charge on any atom is -0.493 e. The van der Waals surface area contributed by atoms with Gasteiger partial charge in [-0.15, -0.1) is 0 Å². The fraction of sp³-hybridized carbons (Fsp3) is 0.700. The number of methoxy groups -OCH3 is 1. The van der Waals surface area contributed by atoms with Crippen LogP contribution in [0.3, 0.4) is 0 Å². The third-order valence-corrected chi connectivity index (χ3v) is 4.84. The fourth-order valence-corrected chi connectivity index (χ4v) is 3.12. The molecule has 1 saturated heterocycles. The molecule has 0 aromatic heterocycles. The highest BCUT2D eigenvalue weighted by Crippen LogP contribution is 2.28. The molecular formula is C20H34N2O4. The van der Waals surface area contributed by atoms with Gasteiger partial charge in [-0.1, -0.05) is 19.9 Å². The maximum Gasteiger partial charge on any atom is 0.161 e. The standard InChI is InChI=1S/C20H34N2O4/c1-4-22(5-2)14-18(23)15-26-19-7-6-16(12-20(19)24-3)13-21-17-8-10-25-11-9-17/h6-7,12,17-18,21,23H,4-5,8-11,13-15H2,1-3H3/t18-/m1/s1. The van der Waals surface area contributed by atoms with Crippen LogP contribution in [0.25, 0.3) is 0 Å². The molecule has 1 fully saturated rings. The highest BCUT2D eigenvalue weighted by atomic mass is 16.5. The summed E-state index contributed by atoms with van der Waals surface area (Å²) in [5.74, 6) is 1.37. The summed E-state index contributed by atoms with van der Waals surface area (Å²) in [6, 6.07) is 6.48. The molecule has 0 saturated carbocycles. The monoisotopic (exact) mass is 366 g/mol. The summed E-state index contributed by atoms with van der Waals surface area (Å²) in [5, 5.41) is 13.7. The number of rotatable bonds is 11. The number of aliphatic hydroxyl groups is 1. The fourth-order valence-electron chi connectivity index (χ4n) is 3.12. The zero-order valence-electron chi connectivity index (χ0n) is 16.4. The number of ether oxygens (including phenoxy) is 3. The van der Waals surface area contributed by atoms with Gasteiger partial charge in [0.2, 0.25) is 0 Å². The molecule has 1 aromatic rings. The van der Waals surface area contributed by atoms with Crippen LogP contribution in [0, 0.1) is 0 Å². The second-order valence-electron chi connectivity index (χ2n) is 6.70. The van der Waals surface area contributed by atoms with Gasteiger partial charge in [-0.3, -0.25) is 0 Å². The molecule has 1 aromatic carbocycles. The van der Waals surface area contributed by atoms with Gasteiger partial charge in [0.25, 0.3) is 0 Å². The Morgan fingerprint density at radius 2 is 1.96 bits per heavy atom. The van der Waals surface area contributed by atoms with Gasteiger partial charge in [-0.05, 0) is 43.6 Å². The molecule has 6 nitrogen and oxygen atoms in total. The number of benzene rings is 1. The SMILES string of the molecule is CCN(CC)C[C@@H](O)COc1ccc(CNC2CCOCC2)cc1OC. The van der Waals surface area contributed by atoms with Crippen molar-refractivity contribution >= 4 is 0 Å². The molecule has 148 valence electrons. The molecule has 6 heteroatoms. The highest BCUT2D eigenvalue weighted by Gasteiger charge is 2.14. The topological polar surface area (TPSA) is 63.2 Å². The molecular weight excluding hydrogens is 332 g/mol. The lowest BCUT2D eigenvalue weighted by molar-refractivity contribution is 0.0705. The van der Waals surface area contributed by atoms with E-state index in [1.807, 2.05) is 18.2 Å². The smallest absolute Gasteiger partial charge is 0.161 e. The maximum atomic E-state index is 10.2. The lowest BCUT2D eigenvalue weighted by Gasteiger charge is -2.23. The molecule has 1 atom stereocenters. The van der Waals surface area contributed by atoms with Crippen LogP contribution in [0.1, 0.15) is 32.3 Å². The van der Waals surface area contributed by atoms with E-state index >= 15 is 0 Å². The Hall–Kier alpha value is -1.34. The van der Waals surface area contributed by atoms with Crippen molar-refractivity contribution in [3.05, 3.63) is 23.8 Å². The summed E-state index contributed by atoms with van der Waals surface area (Å²) in [7, 11) is 1.64. The summed E-state index contributed by atoms with van der Waals surface area (Å²) < 4.78 is 16.6. The van der Waals surface area contributed by atoms with Crippen molar-refractivity contribution in [1.29, 1.82) is 0 Å². The van der Waals surface area contributed by atoms with Crippen LogP contribution in [0.15, 0.2) is 18.2 Å². The summed E-state index contributed by atoms with van der Waals surface area (Å²) in [5.41, 5.74) is 1.16. The Kier molecular flexibility index (Phi) is 9.18. The van der Waals surface area contributed by atoms with Gasteiger partial charge in [0.1, 0.15) is 12.7 Å². The van der Waals surface area contributed by atoms with E-state index in [4.69, 9.17) is 14.2 Å². The average Bonchev–Trinajstić information content (AvgIpc) is 2.69. The van der Waals surface area contributed by atoms with Gasteiger partial charge in [-0.2, -0.15) is 0 Å². The van der Waals surface area contributed by atoms with Crippen molar-refractivity contribution in [2.75, 3.05) is 46.6 Å². The number of hydrogen-bond donors (Lipinski definition) is 2. The van der Waals surface area contributed by atoms with Crippen molar-refractivity contribution in [1.82, 2.24) is 10.2 Å². The van der Waals surface area contributed by atoms with Gasteiger partial charge in [-0.25, -0.2) is 0 Å². The first-order valence-corrected chi connectivity index (χ1v) is 9.67. The summed E-state index contributed by atoms with van der Waals surface area (Å²) in [6.07, 6.45) is 1.60. The van der Waals surface area contributed by atoms with E-state index in [9.17, 15) is 5.11 Å². The van der Waals surface area contributed by atoms with Crippen LogP contribution in [-0.4, -0.2) is 68.7 Å². The van der Waals surface area contributed by atoms with Crippen LogP contribution in [0.2, 0.25) is 0 Å². The number of likely N-dealkylation sites (N-methyl/N-ethyl adjacent to an activating group) is 1. The molecule has 0 unspecified atom stereocenters. The second kappa shape index (κ2) is 11.4. The van der Waals surface area contributed by atoms with Crippen LogP contribution in [0.5, 0.6) is 11.5 Å². The van der Waals surface area contributed by atoms with Crippen LogP contribution >= 0.6 is 0 Å². The van der Waals surface area contributed by atoms with Crippen molar-refractivity contribution in [2.24, 2.45) is 0 Å². The Bertz CT molecular complexity index is 517. The molecule has 1 aliphatic rings. The third-order valence-electron chi connectivity index (χ3n) is 4.84. The Morgan fingerprint density at radius 1 is 1.23 bits per heavy atom. The Balaban J connectivity index is 1.84. The zero-order chi connectivity index (χ0) is 18.8. The largest absolute Gasteiger partial charge is 0.493 e. The van der Waals surface area contributed by atoms with Gasteiger partial charge in [0.05, 0.1) is 7.11 Å². The molecule has 0 amide bonds. The first-order valence-electron chi connectivity index (χ1n) is 9.67. The molecule has 0 aliphatic carbocycles. The number of nitrogens with one attached hydrogen (secondary N) is 1. The van der Waals surface area contributed by atoms with Crippen molar-refractivity contribution in [2.45, 2.75) is 45.4 Å². The van der Waals surface area contributed by atoms with E-state index in [1.165, 1.54) is 0 Å². The zero-order valence-corrected chi connectivity index (χ0v) is 16.4. The second-order valence-corrected chi connectivity index (χ2v) is 6.70. The number of aliphatic hydroxyl groups excluding tert-OH is 1. The van der Waals surface area contributed by atoms with E-state index in [1.54, 1.807) is 7.11 Å². The molecule has 1 aliphatic heterocycles. The molecule has 2 N–H and O–H groups in total. The quantitative estimate of drug-likeness (QED) is 0.625. The Labute approximate surface area is 157 Å². The van der Waals surface area contributed by atoms with Gasteiger partial charge >= 0.3 is 0 Å². The normalized spacial score (nSPS) is 16.7. The predicted molar refractivity (Wildman–Crippen MR) is 103 cm³/mol. The van der Waals surface area contributed by atoms with Gasteiger partial charge in [0, 0.05) is 32.3 Å². The molecule has 1 heterocycles.